The van der Waals surface area contributed by atoms with Crippen molar-refractivity contribution in [2.24, 2.45) is 0 Å². The number of carbonyl (C=O) groups is 2. The first-order valence-corrected chi connectivity index (χ1v) is 9.13. The minimum absolute atomic E-state index is 0.0670. The zero-order valence-electron chi connectivity index (χ0n) is 14.2. The first kappa shape index (κ1) is 17.6. The van der Waals surface area contributed by atoms with E-state index in [9.17, 15) is 14.7 Å². The summed E-state index contributed by atoms with van der Waals surface area (Å²) in [6.07, 6.45) is 1.89. The summed E-state index contributed by atoms with van der Waals surface area (Å²) in [7, 11) is 0. The number of benzene rings is 1. The van der Waals surface area contributed by atoms with Crippen LogP contribution in [0, 0.1) is 6.92 Å². The number of amides is 1. The highest BCUT2D eigenvalue weighted by Crippen LogP contribution is 2.29. The minimum Gasteiger partial charge on any atom is -0.480 e. The molecule has 1 aromatic carbocycles. The van der Waals surface area contributed by atoms with Crippen LogP contribution in [0.4, 0.5) is 5.13 Å². The molecule has 0 saturated heterocycles. The predicted molar refractivity (Wildman–Crippen MR) is 97.7 cm³/mol. The summed E-state index contributed by atoms with van der Waals surface area (Å²) in [5, 5.41) is 14.4. The zero-order chi connectivity index (χ0) is 18.0. The number of anilines is 1. The van der Waals surface area contributed by atoms with Gasteiger partial charge in [0.1, 0.15) is 6.04 Å². The molecule has 0 aliphatic heterocycles. The van der Waals surface area contributed by atoms with E-state index >= 15 is 0 Å². The first-order valence-electron chi connectivity index (χ1n) is 8.25. The molecule has 1 aromatic heterocycles. The second-order valence-corrected chi connectivity index (χ2v) is 7.23. The summed E-state index contributed by atoms with van der Waals surface area (Å²) in [5.74, 6) is -1.14. The smallest absolute Gasteiger partial charge is 0.320 e. The number of carboxylic acid groups (broad SMARTS) is 1. The standard InChI is InChI=1S/C18H21N3O3S/c1-11-3-5-13(6-4-11)15-10-25-18(19-15)20-16(22)9-21(14-7-8-14)12(2)17(23)24/h3-6,10,12,14H,7-9H2,1-2H3,(H,23,24)(H,19,20,22). The molecule has 132 valence electrons. The molecule has 1 aliphatic rings. The van der Waals surface area contributed by atoms with Crippen molar-refractivity contribution >= 4 is 28.3 Å². The van der Waals surface area contributed by atoms with E-state index in [0.29, 0.717) is 5.13 Å². The van der Waals surface area contributed by atoms with E-state index in [4.69, 9.17) is 0 Å². The third-order valence-corrected chi connectivity index (χ3v) is 5.05. The van der Waals surface area contributed by atoms with Crippen LogP contribution in [0.25, 0.3) is 11.3 Å². The molecule has 1 aliphatic carbocycles. The Morgan fingerprint density at radius 3 is 2.64 bits per heavy atom. The second kappa shape index (κ2) is 7.33. The van der Waals surface area contributed by atoms with E-state index < -0.39 is 12.0 Å². The van der Waals surface area contributed by atoms with Crippen molar-refractivity contribution in [3.05, 3.63) is 35.2 Å². The lowest BCUT2D eigenvalue weighted by Crippen LogP contribution is -2.44. The Bertz CT molecular complexity index is 768. The molecule has 7 heteroatoms. The Morgan fingerprint density at radius 1 is 1.36 bits per heavy atom. The van der Waals surface area contributed by atoms with Gasteiger partial charge in [0.15, 0.2) is 5.13 Å². The van der Waals surface area contributed by atoms with Gasteiger partial charge in [-0.15, -0.1) is 11.3 Å². The van der Waals surface area contributed by atoms with E-state index in [1.165, 1.54) is 16.9 Å². The van der Waals surface area contributed by atoms with Gasteiger partial charge in [0, 0.05) is 17.0 Å². The predicted octanol–water partition coefficient (Wildman–Crippen LogP) is 2.99. The maximum atomic E-state index is 12.3. The molecule has 1 saturated carbocycles. The van der Waals surface area contributed by atoms with Gasteiger partial charge in [-0.1, -0.05) is 29.8 Å². The van der Waals surface area contributed by atoms with Crippen LogP contribution in [0.15, 0.2) is 29.6 Å². The number of hydrogen-bond donors (Lipinski definition) is 2. The summed E-state index contributed by atoms with van der Waals surface area (Å²) >= 11 is 1.36. The van der Waals surface area contributed by atoms with E-state index in [1.807, 2.05) is 36.6 Å². The molecule has 0 bridgehead atoms. The van der Waals surface area contributed by atoms with Crippen LogP contribution >= 0.6 is 11.3 Å². The van der Waals surface area contributed by atoms with Crippen LogP contribution in [0.1, 0.15) is 25.3 Å². The molecule has 1 amide bonds. The van der Waals surface area contributed by atoms with Gasteiger partial charge >= 0.3 is 5.97 Å². The van der Waals surface area contributed by atoms with Crippen molar-refractivity contribution in [1.82, 2.24) is 9.88 Å². The van der Waals surface area contributed by atoms with Crippen molar-refractivity contribution < 1.29 is 14.7 Å². The van der Waals surface area contributed by atoms with Crippen LogP contribution in [0.5, 0.6) is 0 Å². The molecule has 1 fully saturated rings. The van der Waals surface area contributed by atoms with Crippen LogP contribution < -0.4 is 5.32 Å². The number of hydrogen-bond acceptors (Lipinski definition) is 5. The Hall–Kier alpha value is -2.25. The molecule has 3 rings (SSSR count). The fourth-order valence-corrected chi connectivity index (χ4v) is 3.38. The average molecular weight is 359 g/mol. The lowest BCUT2D eigenvalue weighted by molar-refractivity contribution is -0.143. The number of aliphatic carboxylic acids is 1. The van der Waals surface area contributed by atoms with Gasteiger partial charge in [-0.2, -0.15) is 0 Å². The van der Waals surface area contributed by atoms with Crippen LogP contribution in [0.2, 0.25) is 0 Å². The SMILES string of the molecule is Cc1ccc(-c2csc(NC(=O)CN(C3CC3)C(C)C(=O)O)n2)cc1. The topological polar surface area (TPSA) is 82.5 Å². The van der Waals surface area contributed by atoms with Crippen molar-refractivity contribution in [3.8, 4) is 11.3 Å². The molecule has 1 unspecified atom stereocenters. The number of aryl methyl sites for hydroxylation is 1. The molecule has 2 aromatic rings. The number of aromatic nitrogens is 1. The van der Waals surface area contributed by atoms with Gasteiger partial charge in [-0.05, 0) is 26.7 Å². The van der Waals surface area contributed by atoms with Gasteiger partial charge < -0.3 is 10.4 Å². The van der Waals surface area contributed by atoms with Crippen molar-refractivity contribution in [2.75, 3.05) is 11.9 Å². The number of nitrogens with zero attached hydrogens (tertiary/aromatic N) is 2. The van der Waals surface area contributed by atoms with Gasteiger partial charge in [-0.3, -0.25) is 14.5 Å². The summed E-state index contributed by atoms with van der Waals surface area (Å²) < 4.78 is 0. The molecular formula is C18H21N3O3S. The maximum absolute atomic E-state index is 12.3. The largest absolute Gasteiger partial charge is 0.480 e. The van der Waals surface area contributed by atoms with Gasteiger partial charge in [0.25, 0.3) is 0 Å². The van der Waals surface area contributed by atoms with Gasteiger partial charge in [0.2, 0.25) is 5.91 Å². The highest BCUT2D eigenvalue weighted by atomic mass is 32.1. The normalized spacial score (nSPS) is 15.2. The summed E-state index contributed by atoms with van der Waals surface area (Å²) in [4.78, 5) is 29.7. The van der Waals surface area contributed by atoms with Crippen molar-refractivity contribution in [2.45, 2.75) is 38.8 Å². The summed E-state index contributed by atoms with van der Waals surface area (Å²) in [6, 6.07) is 7.56. The number of rotatable bonds is 7. The summed E-state index contributed by atoms with van der Waals surface area (Å²) in [6.45, 7) is 3.71. The molecule has 6 nitrogen and oxygen atoms in total. The third kappa shape index (κ3) is 4.43. The number of nitrogens with one attached hydrogen (secondary N) is 1. The van der Waals surface area contributed by atoms with Crippen LogP contribution in [-0.4, -0.2) is 45.5 Å². The molecule has 25 heavy (non-hydrogen) atoms. The number of thiazole rings is 1. The average Bonchev–Trinajstić information content (AvgIpc) is 3.32. The minimum atomic E-state index is -0.907. The first-order chi connectivity index (χ1) is 11.9. The highest BCUT2D eigenvalue weighted by molar-refractivity contribution is 7.14. The lowest BCUT2D eigenvalue weighted by atomic mass is 10.1. The maximum Gasteiger partial charge on any atom is 0.320 e. The fraction of sp³-hybridized carbons (Fsp3) is 0.389. The Balaban J connectivity index is 1.63. The Labute approximate surface area is 150 Å². The Kier molecular flexibility index (Phi) is 5.15. The van der Waals surface area contributed by atoms with Crippen LogP contribution in [-0.2, 0) is 9.59 Å². The van der Waals surface area contributed by atoms with Gasteiger partial charge in [0.05, 0.1) is 12.2 Å². The molecule has 1 heterocycles. The molecule has 1 atom stereocenters. The molecule has 2 N–H and O–H groups in total. The van der Waals surface area contributed by atoms with E-state index in [1.54, 1.807) is 11.8 Å². The molecular weight excluding hydrogens is 338 g/mol. The molecule has 0 radical (unpaired) electrons. The van der Waals surface area contributed by atoms with E-state index in [0.717, 1.165) is 24.1 Å². The van der Waals surface area contributed by atoms with Crippen molar-refractivity contribution in [1.29, 1.82) is 0 Å². The van der Waals surface area contributed by atoms with Crippen LogP contribution in [0.3, 0.4) is 0 Å². The fourth-order valence-electron chi connectivity index (χ4n) is 2.64. The van der Waals surface area contributed by atoms with E-state index in [2.05, 4.69) is 10.3 Å². The number of carboxylic acids is 1. The monoisotopic (exact) mass is 359 g/mol. The summed E-state index contributed by atoms with van der Waals surface area (Å²) in [5.41, 5.74) is 3.00. The number of carbonyl (C=O) groups excluding carboxylic acids is 1. The van der Waals surface area contributed by atoms with Gasteiger partial charge in [-0.25, -0.2) is 4.98 Å². The third-order valence-electron chi connectivity index (χ3n) is 4.29. The van der Waals surface area contributed by atoms with Crippen molar-refractivity contribution in [3.63, 3.8) is 0 Å². The zero-order valence-corrected chi connectivity index (χ0v) is 15.0. The lowest BCUT2D eigenvalue weighted by Gasteiger charge is -2.25. The van der Waals surface area contributed by atoms with E-state index in [-0.39, 0.29) is 18.5 Å². The molecule has 0 spiro atoms. The Morgan fingerprint density at radius 2 is 2.04 bits per heavy atom. The quantitative estimate of drug-likeness (QED) is 0.794. The second-order valence-electron chi connectivity index (χ2n) is 6.37. The highest BCUT2D eigenvalue weighted by Gasteiger charge is 2.36.